The van der Waals surface area contributed by atoms with Crippen molar-refractivity contribution in [1.29, 1.82) is 0 Å². The average Bonchev–Trinajstić information content (AvgIpc) is 3.10. The number of nitrogens with two attached hydrogens (primary N) is 1. The summed E-state index contributed by atoms with van der Waals surface area (Å²) in [6.07, 6.45) is 4.42. The fraction of sp³-hybridized carbons (Fsp3) is 0.750. The maximum Gasteiger partial charge on any atom is 0.354 e. The van der Waals surface area contributed by atoms with Crippen molar-refractivity contribution in [2.75, 3.05) is 13.2 Å². The van der Waals surface area contributed by atoms with Gasteiger partial charge in [-0.05, 0) is 43.9 Å². The van der Waals surface area contributed by atoms with Gasteiger partial charge in [-0.3, -0.25) is 4.99 Å². The zero-order valence-electron chi connectivity index (χ0n) is 12.8. The van der Waals surface area contributed by atoms with E-state index in [1.165, 1.54) is 6.42 Å². The molecular formula is C16H26N2O2. The van der Waals surface area contributed by atoms with Crippen molar-refractivity contribution in [3.63, 3.8) is 0 Å². The van der Waals surface area contributed by atoms with Crippen LogP contribution >= 0.6 is 0 Å². The number of hydrogen-bond acceptors (Lipinski definition) is 4. The molecule has 0 aromatic heterocycles. The van der Waals surface area contributed by atoms with E-state index in [4.69, 9.17) is 15.5 Å². The van der Waals surface area contributed by atoms with Gasteiger partial charge in [0.25, 0.3) is 0 Å². The second-order valence-electron chi connectivity index (χ2n) is 5.98. The van der Waals surface area contributed by atoms with E-state index < -0.39 is 0 Å². The van der Waals surface area contributed by atoms with Gasteiger partial charge in [-0.25, -0.2) is 4.79 Å². The van der Waals surface area contributed by atoms with Crippen LogP contribution in [0.3, 0.4) is 0 Å². The lowest BCUT2D eigenvalue weighted by atomic mass is 10.0. The molecule has 2 rings (SSSR count). The van der Waals surface area contributed by atoms with E-state index >= 15 is 0 Å². The molecule has 2 aliphatic rings. The molecule has 0 radical (unpaired) electrons. The minimum absolute atomic E-state index is 0.291. The van der Waals surface area contributed by atoms with Crippen molar-refractivity contribution in [1.82, 2.24) is 0 Å². The van der Waals surface area contributed by atoms with Gasteiger partial charge in [-0.1, -0.05) is 20.3 Å². The lowest BCUT2D eigenvalue weighted by Crippen LogP contribution is -2.20. The van der Waals surface area contributed by atoms with Crippen LogP contribution in [0.1, 0.15) is 46.5 Å². The molecule has 0 aliphatic heterocycles. The highest BCUT2D eigenvalue weighted by molar-refractivity contribution is 6.09. The van der Waals surface area contributed by atoms with Crippen molar-refractivity contribution < 1.29 is 9.53 Å². The third kappa shape index (κ3) is 3.22. The minimum Gasteiger partial charge on any atom is -0.461 e. The van der Waals surface area contributed by atoms with Crippen LogP contribution in [0.4, 0.5) is 0 Å². The second-order valence-corrected chi connectivity index (χ2v) is 5.98. The summed E-state index contributed by atoms with van der Waals surface area (Å²) in [4.78, 5) is 16.5. The van der Waals surface area contributed by atoms with Crippen LogP contribution in [0.25, 0.3) is 0 Å². The van der Waals surface area contributed by atoms with E-state index in [1.807, 2.05) is 0 Å². The monoisotopic (exact) mass is 278 g/mol. The quantitative estimate of drug-likeness (QED) is 0.600. The van der Waals surface area contributed by atoms with Crippen LogP contribution in [-0.4, -0.2) is 24.8 Å². The molecular weight excluding hydrogens is 252 g/mol. The Labute approximate surface area is 121 Å². The fourth-order valence-electron chi connectivity index (χ4n) is 2.85. The lowest BCUT2D eigenvalue weighted by molar-refractivity contribution is -0.138. The van der Waals surface area contributed by atoms with Crippen molar-refractivity contribution in [2.45, 2.75) is 46.5 Å². The Kier molecular flexibility index (Phi) is 4.84. The summed E-state index contributed by atoms with van der Waals surface area (Å²) in [5.74, 6) is 1.44. The molecule has 2 saturated carbocycles. The molecule has 0 aromatic carbocycles. The molecule has 0 heterocycles. The zero-order chi connectivity index (χ0) is 14.7. The van der Waals surface area contributed by atoms with Gasteiger partial charge in [0.2, 0.25) is 0 Å². The van der Waals surface area contributed by atoms with E-state index in [1.54, 1.807) is 6.92 Å². The molecule has 0 saturated heterocycles. The average molecular weight is 278 g/mol. The number of carbonyl (C=O) groups excluding carboxylic acids is 1. The molecule has 2 aliphatic carbocycles. The molecule has 4 nitrogen and oxygen atoms in total. The molecule has 0 spiro atoms. The fourth-order valence-corrected chi connectivity index (χ4v) is 2.85. The van der Waals surface area contributed by atoms with E-state index in [0.717, 1.165) is 37.1 Å². The van der Waals surface area contributed by atoms with Crippen LogP contribution in [0.15, 0.2) is 16.3 Å². The molecule has 0 aromatic rings. The van der Waals surface area contributed by atoms with E-state index in [0.29, 0.717) is 30.1 Å². The number of rotatable bonds is 6. The van der Waals surface area contributed by atoms with Gasteiger partial charge >= 0.3 is 5.97 Å². The first-order valence-corrected chi connectivity index (χ1v) is 7.78. The third-order valence-electron chi connectivity index (χ3n) is 4.47. The van der Waals surface area contributed by atoms with E-state index in [-0.39, 0.29) is 5.97 Å². The van der Waals surface area contributed by atoms with Crippen molar-refractivity contribution in [3.05, 3.63) is 11.3 Å². The van der Waals surface area contributed by atoms with Crippen LogP contribution in [-0.2, 0) is 9.53 Å². The normalized spacial score (nSPS) is 30.1. The van der Waals surface area contributed by atoms with Crippen LogP contribution in [0.2, 0.25) is 0 Å². The standard InChI is InChI=1S/C16H26N2O2/c1-4-10(3)6-7-18-13-9-11-8-12(11)14(13)15(17)16(19)20-5-2/h10-12H,4-9,17H2,1-3H3/b15-14-,18-13?. The summed E-state index contributed by atoms with van der Waals surface area (Å²) in [6, 6.07) is 0. The summed E-state index contributed by atoms with van der Waals surface area (Å²) in [5, 5.41) is 0. The van der Waals surface area contributed by atoms with Crippen LogP contribution < -0.4 is 5.73 Å². The van der Waals surface area contributed by atoms with E-state index in [9.17, 15) is 4.79 Å². The summed E-state index contributed by atoms with van der Waals surface area (Å²) in [7, 11) is 0. The highest BCUT2D eigenvalue weighted by atomic mass is 16.5. The SMILES string of the molecule is CCOC(=O)/C(N)=C1/C(=NCCC(C)CC)CC2CC12. The maximum absolute atomic E-state index is 11.8. The molecule has 3 atom stereocenters. The van der Waals surface area contributed by atoms with Gasteiger partial charge in [0.1, 0.15) is 5.70 Å². The highest BCUT2D eigenvalue weighted by Crippen LogP contribution is 2.54. The zero-order valence-corrected chi connectivity index (χ0v) is 12.8. The Hall–Kier alpha value is -1.32. The van der Waals surface area contributed by atoms with Gasteiger partial charge in [0.05, 0.1) is 6.61 Å². The molecule has 0 amide bonds. The number of hydrogen-bond donors (Lipinski definition) is 1. The molecule has 112 valence electrons. The molecule has 2 N–H and O–H groups in total. The number of ether oxygens (including phenoxy) is 1. The first kappa shape index (κ1) is 15.1. The Morgan fingerprint density at radius 2 is 2.25 bits per heavy atom. The van der Waals surface area contributed by atoms with Crippen LogP contribution in [0.5, 0.6) is 0 Å². The van der Waals surface area contributed by atoms with Gasteiger partial charge in [-0.2, -0.15) is 0 Å². The molecule has 0 bridgehead atoms. The largest absolute Gasteiger partial charge is 0.461 e. The Morgan fingerprint density at radius 3 is 2.90 bits per heavy atom. The first-order valence-electron chi connectivity index (χ1n) is 7.78. The minimum atomic E-state index is -0.385. The molecule has 3 unspecified atom stereocenters. The maximum atomic E-state index is 11.8. The lowest BCUT2D eigenvalue weighted by Gasteiger charge is -2.10. The topological polar surface area (TPSA) is 64.7 Å². The summed E-state index contributed by atoms with van der Waals surface area (Å²) in [6.45, 7) is 7.44. The summed E-state index contributed by atoms with van der Waals surface area (Å²) >= 11 is 0. The van der Waals surface area contributed by atoms with Gasteiger partial charge in [-0.15, -0.1) is 0 Å². The van der Waals surface area contributed by atoms with Gasteiger partial charge in [0.15, 0.2) is 0 Å². The Bertz CT molecular complexity index is 440. The highest BCUT2D eigenvalue weighted by Gasteiger charge is 2.50. The number of aliphatic imine (C=N–C) groups is 1. The van der Waals surface area contributed by atoms with Crippen molar-refractivity contribution in [2.24, 2.45) is 28.5 Å². The Morgan fingerprint density at radius 1 is 1.50 bits per heavy atom. The summed E-state index contributed by atoms with van der Waals surface area (Å²) < 4.78 is 5.01. The molecule has 2 fully saturated rings. The first-order chi connectivity index (χ1) is 9.58. The number of esters is 1. The van der Waals surface area contributed by atoms with E-state index in [2.05, 4.69) is 13.8 Å². The van der Waals surface area contributed by atoms with Gasteiger partial charge in [0, 0.05) is 17.8 Å². The predicted molar refractivity (Wildman–Crippen MR) is 80.4 cm³/mol. The predicted octanol–water partition coefficient (Wildman–Crippen LogP) is 2.68. The number of carbonyl (C=O) groups is 1. The third-order valence-corrected chi connectivity index (χ3v) is 4.47. The number of nitrogens with zero attached hydrogens (tertiary/aromatic N) is 1. The van der Waals surface area contributed by atoms with Crippen molar-refractivity contribution >= 4 is 11.7 Å². The smallest absolute Gasteiger partial charge is 0.354 e. The van der Waals surface area contributed by atoms with Gasteiger partial charge < -0.3 is 10.5 Å². The van der Waals surface area contributed by atoms with Crippen LogP contribution in [0, 0.1) is 17.8 Å². The molecule has 20 heavy (non-hydrogen) atoms. The number of fused-ring (bicyclic) bond motifs is 1. The Balaban J connectivity index is 2.07. The van der Waals surface area contributed by atoms with Crippen molar-refractivity contribution in [3.8, 4) is 0 Å². The summed E-state index contributed by atoms with van der Waals surface area (Å²) in [5.41, 5.74) is 8.33. The number of allylic oxidation sites excluding steroid dienone is 1. The molecule has 4 heteroatoms. The second kappa shape index (κ2) is 6.42.